The monoisotopic (exact) mass is 284 g/mol. The smallest absolute Gasteiger partial charge is 0.0780 e. The molecule has 0 saturated carbocycles. The van der Waals surface area contributed by atoms with Crippen molar-refractivity contribution in [2.75, 3.05) is 0 Å². The topological polar surface area (TPSA) is 40.5 Å². The number of aliphatic hydroxyl groups is 2. The molecule has 0 spiro atoms. The normalized spacial score (nSPS) is 14.5. The van der Waals surface area contributed by atoms with Crippen molar-refractivity contribution in [2.24, 2.45) is 10.8 Å². The maximum Gasteiger partial charge on any atom is 0.0780 e. The average Bonchev–Trinajstić information content (AvgIpc) is 2.25. The number of hydrogen-bond donors (Lipinski definition) is 2. The molecule has 120 valence electrons. The molecule has 0 aromatic rings. The first kappa shape index (κ1) is 19.7. The largest absolute Gasteiger partial charge is 0.390 e. The summed E-state index contributed by atoms with van der Waals surface area (Å²) in [6, 6.07) is 0. The van der Waals surface area contributed by atoms with E-state index in [0.29, 0.717) is 25.7 Å². The Morgan fingerprint density at radius 2 is 1.15 bits per heavy atom. The van der Waals surface area contributed by atoms with E-state index in [2.05, 4.69) is 48.1 Å². The lowest BCUT2D eigenvalue weighted by Crippen LogP contribution is -2.53. The van der Waals surface area contributed by atoms with Crippen LogP contribution in [-0.4, -0.2) is 21.4 Å². The van der Waals surface area contributed by atoms with Crippen LogP contribution < -0.4 is 0 Å². The van der Waals surface area contributed by atoms with E-state index < -0.39 is 11.2 Å². The lowest BCUT2D eigenvalue weighted by atomic mass is 9.60. The van der Waals surface area contributed by atoms with Gasteiger partial charge in [-0.25, -0.2) is 0 Å². The molecule has 0 saturated heterocycles. The van der Waals surface area contributed by atoms with E-state index in [9.17, 15) is 10.2 Å². The summed E-state index contributed by atoms with van der Waals surface area (Å²) in [4.78, 5) is 0. The third-order valence-corrected chi connectivity index (χ3v) is 4.88. The summed E-state index contributed by atoms with van der Waals surface area (Å²) in [5, 5.41) is 21.7. The Balaban J connectivity index is 5.19. The fourth-order valence-corrected chi connectivity index (χ4v) is 3.04. The van der Waals surface area contributed by atoms with Crippen molar-refractivity contribution >= 4 is 0 Å². The Bertz CT molecular complexity index is 310. The van der Waals surface area contributed by atoms with Crippen molar-refractivity contribution in [1.82, 2.24) is 0 Å². The van der Waals surface area contributed by atoms with E-state index in [1.54, 1.807) is 0 Å². The fraction of sp³-hybridized carbons (Fsp3) is 0.889. The quantitative estimate of drug-likeness (QED) is 0.694. The highest BCUT2D eigenvalue weighted by Gasteiger charge is 2.49. The van der Waals surface area contributed by atoms with E-state index in [1.807, 2.05) is 13.8 Å². The van der Waals surface area contributed by atoms with Gasteiger partial charge in [0, 0.05) is 0 Å². The van der Waals surface area contributed by atoms with Crippen molar-refractivity contribution < 1.29 is 10.2 Å². The summed E-state index contributed by atoms with van der Waals surface area (Å²) in [5.41, 5.74) is -1.09. The molecule has 0 aliphatic rings. The molecule has 0 bridgehead atoms. The van der Waals surface area contributed by atoms with Gasteiger partial charge in [-0.2, -0.15) is 0 Å². The molecule has 0 radical (unpaired) electrons. The third-order valence-electron chi connectivity index (χ3n) is 4.88. The van der Waals surface area contributed by atoms with Crippen molar-refractivity contribution in [1.29, 1.82) is 0 Å². The summed E-state index contributed by atoms with van der Waals surface area (Å²) < 4.78 is 0. The van der Waals surface area contributed by atoms with Crippen LogP contribution in [0, 0.1) is 10.8 Å². The minimum atomic E-state index is -0.848. The SMILES string of the molecule is C=C(CC(O)(CC)CC)CC(O)(C(C)(C)C)C(C)(C)C. The maximum atomic E-state index is 11.3. The van der Waals surface area contributed by atoms with E-state index in [4.69, 9.17) is 0 Å². The van der Waals surface area contributed by atoms with Gasteiger partial charge in [0.2, 0.25) is 0 Å². The molecular weight excluding hydrogens is 248 g/mol. The molecule has 0 amide bonds. The van der Waals surface area contributed by atoms with Crippen LogP contribution in [0.5, 0.6) is 0 Å². The summed E-state index contributed by atoms with van der Waals surface area (Å²) in [7, 11) is 0. The Morgan fingerprint density at radius 1 is 0.800 bits per heavy atom. The van der Waals surface area contributed by atoms with Crippen LogP contribution in [-0.2, 0) is 0 Å². The Morgan fingerprint density at radius 3 is 1.40 bits per heavy atom. The minimum absolute atomic E-state index is 0.245. The molecule has 0 atom stereocenters. The lowest BCUT2D eigenvalue weighted by molar-refractivity contribution is -0.137. The van der Waals surface area contributed by atoms with Crippen molar-refractivity contribution in [3.63, 3.8) is 0 Å². The third kappa shape index (κ3) is 4.33. The van der Waals surface area contributed by atoms with Gasteiger partial charge in [-0.1, -0.05) is 67.5 Å². The zero-order valence-electron chi connectivity index (χ0n) is 14.9. The first-order valence-corrected chi connectivity index (χ1v) is 7.84. The number of rotatable bonds is 6. The average molecular weight is 284 g/mol. The first-order valence-electron chi connectivity index (χ1n) is 7.84. The molecule has 0 unspecified atom stereocenters. The van der Waals surface area contributed by atoms with Gasteiger partial charge in [0.1, 0.15) is 0 Å². The predicted octanol–water partition coefficient (Wildman–Crippen LogP) is 4.70. The first-order chi connectivity index (χ1) is 8.72. The Hall–Kier alpha value is -0.340. The van der Waals surface area contributed by atoms with Crippen LogP contribution in [0.2, 0.25) is 0 Å². The fourth-order valence-electron chi connectivity index (χ4n) is 3.04. The maximum absolute atomic E-state index is 11.3. The zero-order valence-corrected chi connectivity index (χ0v) is 14.9. The summed E-state index contributed by atoms with van der Waals surface area (Å²) in [5.74, 6) is 0. The Kier molecular flexibility index (Phi) is 6.09. The van der Waals surface area contributed by atoms with Gasteiger partial charge in [0.25, 0.3) is 0 Å². The second kappa shape index (κ2) is 6.19. The van der Waals surface area contributed by atoms with Crippen LogP contribution >= 0.6 is 0 Å². The second-order valence-electron chi connectivity index (χ2n) is 8.40. The number of hydrogen-bond acceptors (Lipinski definition) is 2. The molecule has 0 heterocycles. The molecule has 2 N–H and O–H groups in total. The molecular formula is C18H36O2. The van der Waals surface area contributed by atoms with Gasteiger partial charge in [0.05, 0.1) is 11.2 Å². The van der Waals surface area contributed by atoms with Crippen molar-refractivity contribution in [3.8, 4) is 0 Å². The zero-order chi connectivity index (χ0) is 16.4. The second-order valence-corrected chi connectivity index (χ2v) is 8.40. The van der Waals surface area contributed by atoms with Gasteiger partial charge >= 0.3 is 0 Å². The summed E-state index contributed by atoms with van der Waals surface area (Å²) >= 11 is 0. The van der Waals surface area contributed by atoms with E-state index in [1.165, 1.54) is 0 Å². The standard InChI is InChI=1S/C18H36O2/c1-10-17(19,11-2)12-14(3)13-18(20,15(4,5)6)16(7,8)9/h19-20H,3,10-13H2,1-2,4-9H3. The van der Waals surface area contributed by atoms with E-state index >= 15 is 0 Å². The highest BCUT2D eigenvalue weighted by Crippen LogP contribution is 2.48. The van der Waals surface area contributed by atoms with Gasteiger partial charge in [-0.3, -0.25) is 0 Å². The van der Waals surface area contributed by atoms with Gasteiger partial charge in [-0.15, -0.1) is 0 Å². The molecule has 0 aliphatic carbocycles. The van der Waals surface area contributed by atoms with Crippen LogP contribution in [0.4, 0.5) is 0 Å². The van der Waals surface area contributed by atoms with Crippen LogP contribution in [0.25, 0.3) is 0 Å². The predicted molar refractivity (Wildman–Crippen MR) is 87.8 cm³/mol. The molecule has 0 fully saturated rings. The molecule has 0 rings (SSSR count). The van der Waals surface area contributed by atoms with Crippen molar-refractivity contribution in [3.05, 3.63) is 12.2 Å². The molecule has 2 heteroatoms. The van der Waals surface area contributed by atoms with Crippen molar-refractivity contribution in [2.45, 2.75) is 92.3 Å². The minimum Gasteiger partial charge on any atom is -0.390 e. The highest BCUT2D eigenvalue weighted by atomic mass is 16.3. The summed E-state index contributed by atoms with van der Waals surface area (Å²) in [6.45, 7) is 20.5. The molecule has 0 aromatic heterocycles. The lowest BCUT2D eigenvalue weighted by Gasteiger charge is -2.50. The van der Waals surface area contributed by atoms with Gasteiger partial charge < -0.3 is 10.2 Å². The van der Waals surface area contributed by atoms with Crippen LogP contribution in [0.1, 0.15) is 81.1 Å². The van der Waals surface area contributed by atoms with Gasteiger partial charge in [-0.05, 0) is 36.5 Å². The van der Waals surface area contributed by atoms with E-state index in [-0.39, 0.29) is 10.8 Å². The molecule has 0 aliphatic heterocycles. The van der Waals surface area contributed by atoms with E-state index in [0.717, 1.165) is 5.57 Å². The Labute approximate surface area is 126 Å². The molecule has 0 aromatic carbocycles. The molecule has 20 heavy (non-hydrogen) atoms. The highest BCUT2D eigenvalue weighted by molar-refractivity contribution is 5.11. The molecule has 2 nitrogen and oxygen atoms in total. The summed E-state index contributed by atoms with van der Waals surface area (Å²) in [6.07, 6.45) is 2.52. The van der Waals surface area contributed by atoms with Crippen LogP contribution in [0.15, 0.2) is 12.2 Å². The van der Waals surface area contributed by atoms with Crippen LogP contribution in [0.3, 0.4) is 0 Å². The van der Waals surface area contributed by atoms with Gasteiger partial charge in [0.15, 0.2) is 0 Å².